The van der Waals surface area contributed by atoms with Gasteiger partial charge in [0.1, 0.15) is 0 Å². The zero-order valence-corrected chi connectivity index (χ0v) is 13.6. The molecule has 1 aromatic carbocycles. The van der Waals surface area contributed by atoms with Crippen molar-refractivity contribution in [3.63, 3.8) is 0 Å². The van der Waals surface area contributed by atoms with E-state index in [9.17, 15) is 4.79 Å². The van der Waals surface area contributed by atoms with Crippen LogP contribution < -0.4 is 10.6 Å². The summed E-state index contributed by atoms with van der Waals surface area (Å²) in [6, 6.07) is 7.45. The maximum atomic E-state index is 11.9. The third-order valence-electron chi connectivity index (χ3n) is 3.19. The van der Waals surface area contributed by atoms with Gasteiger partial charge >= 0.3 is 6.03 Å². The number of anilines is 1. The summed E-state index contributed by atoms with van der Waals surface area (Å²) >= 11 is 7.27. The Kier molecular flexibility index (Phi) is 5.59. The van der Waals surface area contributed by atoms with Gasteiger partial charge in [0.05, 0.1) is 5.69 Å². The first kappa shape index (κ1) is 15.8. The van der Waals surface area contributed by atoms with Crippen LogP contribution in [0.15, 0.2) is 29.6 Å². The van der Waals surface area contributed by atoms with Crippen molar-refractivity contribution >= 4 is 34.1 Å². The van der Waals surface area contributed by atoms with Crippen molar-refractivity contribution in [2.75, 3.05) is 5.32 Å². The number of halogens is 1. The molecule has 112 valence electrons. The number of thiazole rings is 1. The summed E-state index contributed by atoms with van der Waals surface area (Å²) in [6.07, 6.45) is 1.83. The van der Waals surface area contributed by atoms with Gasteiger partial charge in [-0.05, 0) is 25.0 Å². The molecule has 0 saturated heterocycles. The Morgan fingerprint density at radius 1 is 1.29 bits per heavy atom. The van der Waals surface area contributed by atoms with Crippen molar-refractivity contribution in [1.82, 2.24) is 10.3 Å². The van der Waals surface area contributed by atoms with E-state index in [-0.39, 0.29) is 12.1 Å². The fraction of sp³-hybridized carbons (Fsp3) is 0.333. The van der Waals surface area contributed by atoms with Gasteiger partial charge in [-0.1, -0.05) is 37.6 Å². The minimum absolute atomic E-state index is 0.195. The van der Waals surface area contributed by atoms with Crippen molar-refractivity contribution in [1.29, 1.82) is 0 Å². The molecule has 0 saturated carbocycles. The lowest BCUT2D eigenvalue weighted by molar-refractivity contribution is 0.247. The highest BCUT2D eigenvalue weighted by atomic mass is 35.5. The van der Waals surface area contributed by atoms with Crippen molar-refractivity contribution < 1.29 is 4.79 Å². The summed E-state index contributed by atoms with van der Waals surface area (Å²) in [5.41, 5.74) is 1.80. The number of benzene rings is 1. The Bertz CT molecular complexity index is 593. The molecular formula is C15H18ClN3OS. The van der Waals surface area contributed by atoms with Crippen LogP contribution in [-0.2, 0) is 0 Å². The maximum absolute atomic E-state index is 11.9. The van der Waals surface area contributed by atoms with Crippen molar-refractivity contribution in [3.8, 4) is 11.3 Å². The molecular weight excluding hydrogens is 306 g/mol. The van der Waals surface area contributed by atoms with Gasteiger partial charge in [-0.3, -0.25) is 5.32 Å². The molecule has 0 unspecified atom stereocenters. The predicted molar refractivity (Wildman–Crippen MR) is 89.1 cm³/mol. The van der Waals surface area contributed by atoms with E-state index in [4.69, 9.17) is 11.6 Å². The van der Waals surface area contributed by atoms with E-state index in [1.54, 1.807) is 0 Å². The van der Waals surface area contributed by atoms with Crippen molar-refractivity contribution in [2.45, 2.75) is 32.7 Å². The number of nitrogens with zero attached hydrogens (tertiary/aromatic N) is 1. The average molecular weight is 324 g/mol. The van der Waals surface area contributed by atoms with Gasteiger partial charge in [0.25, 0.3) is 0 Å². The van der Waals surface area contributed by atoms with Crippen LogP contribution in [0.25, 0.3) is 11.3 Å². The lowest BCUT2D eigenvalue weighted by Gasteiger charge is -2.14. The Morgan fingerprint density at radius 2 is 1.95 bits per heavy atom. The number of hydrogen-bond acceptors (Lipinski definition) is 3. The number of aromatic nitrogens is 1. The van der Waals surface area contributed by atoms with Crippen LogP contribution in [0.3, 0.4) is 0 Å². The second kappa shape index (κ2) is 7.43. The SMILES string of the molecule is CCC(CC)NC(=O)Nc1nc(-c2ccc(Cl)cc2)cs1. The maximum Gasteiger partial charge on any atom is 0.321 e. The van der Waals surface area contributed by atoms with Gasteiger partial charge in [0.15, 0.2) is 5.13 Å². The number of carbonyl (C=O) groups is 1. The zero-order chi connectivity index (χ0) is 15.2. The normalized spacial score (nSPS) is 10.7. The van der Waals surface area contributed by atoms with E-state index < -0.39 is 0 Å². The lowest BCUT2D eigenvalue weighted by Crippen LogP contribution is -2.37. The summed E-state index contributed by atoms with van der Waals surface area (Å²) in [7, 11) is 0. The summed E-state index contributed by atoms with van der Waals surface area (Å²) in [4.78, 5) is 16.3. The number of hydrogen-bond donors (Lipinski definition) is 2. The third-order valence-corrected chi connectivity index (χ3v) is 4.20. The first-order valence-electron chi connectivity index (χ1n) is 6.91. The van der Waals surface area contributed by atoms with E-state index in [2.05, 4.69) is 29.5 Å². The minimum atomic E-state index is -0.208. The van der Waals surface area contributed by atoms with Crippen molar-refractivity contribution in [3.05, 3.63) is 34.7 Å². The number of rotatable bonds is 5. The van der Waals surface area contributed by atoms with Crippen molar-refractivity contribution in [2.24, 2.45) is 0 Å². The molecule has 0 aliphatic heterocycles. The molecule has 1 aromatic heterocycles. The van der Waals surface area contributed by atoms with Gasteiger partial charge in [-0.2, -0.15) is 0 Å². The van der Waals surface area contributed by atoms with Gasteiger partial charge in [0.2, 0.25) is 0 Å². The molecule has 2 aromatic rings. The van der Waals surface area contributed by atoms with E-state index in [0.29, 0.717) is 10.2 Å². The molecule has 0 aliphatic rings. The molecule has 0 fully saturated rings. The molecule has 2 amide bonds. The van der Waals surface area contributed by atoms with Crippen LogP contribution in [0, 0.1) is 0 Å². The third kappa shape index (κ3) is 4.44. The Hall–Kier alpha value is -1.59. The van der Waals surface area contributed by atoms with Crippen LogP contribution in [0.4, 0.5) is 9.93 Å². The van der Waals surface area contributed by atoms with E-state index in [1.807, 2.05) is 29.6 Å². The smallest absolute Gasteiger partial charge is 0.321 e. The molecule has 1 heterocycles. The molecule has 21 heavy (non-hydrogen) atoms. The summed E-state index contributed by atoms with van der Waals surface area (Å²) in [6.45, 7) is 4.10. The molecule has 0 spiro atoms. The standard InChI is InChI=1S/C15H18ClN3OS/c1-3-12(4-2)17-14(20)19-15-18-13(9-21-15)10-5-7-11(16)8-6-10/h5-9,12H,3-4H2,1-2H3,(H2,17,18,19,20). The molecule has 0 aliphatic carbocycles. The van der Waals surface area contributed by atoms with Gasteiger partial charge < -0.3 is 5.32 Å². The van der Waals surface area contributed by atoms with Crippen LogP contribution in [-0.4, -0.2) is 17.1 Å². The van der Waals surface area contributed by atoms with Gasteiger partial charge in [-0.25, -0.2) is 9.78 Å². The van der Waals surface area contributed by atoms with Crippen LogP contribution >= 0.6 is 22.9 Å². The summed E-state index contributed by atoms with van der Waals surface area (Å²) in [5.74, 6) is 0. The minimum Gasteiger partial charge on any atom is -0.335 e. The molecule has 0 atom stereocenters. The summed E-state index contributed by atoms with van der Waals surface area (Å²) in [5, 5.41) is 8.89. The predicted octanol–water partition coefficient (Wildman–Crippen LogP) is 4.77. The first-order chi connectivity index (χ1) is 10.1. The molecule has 6 heteroatoms. The largest absolute Gasteiger partial charge is 0.335 e. The van der Waals surface area contributed by atoms with Crippen LogP contribution in [0.1, 0.15) is 26.7 Å². The Labute approximate surface area is 133 Å². The van der Waals surface area contributed by atoms with Gasteiger partial charge in [-0.15, -0.1) is 11.3 Å². The highest BCUT2D eigenvalue weighted by Gasteiger charge is 2.11. The highest BCUT2D eigenvalue weighted by molar-refractivity contribution is 7.14. The fourth-order valence-corrected chi connectivity index (χ4v) is 2.74. The number of urea groups is 1. The topological polar surface area (TPSA) is 54.0 Å². The number of carbonyl (C=O) groups excluding carboxylic acids is 1. The molecule has 2 rings (SSSR count). The quantitative estimate of drug-likeness (QED) is 0.832. The Morgan fingerprint density at radius 3 is 2.57 bits per heavy atom. The van der Waals surface area contributed by atoms with Crippen LogP contribution in [0.5, 0.6) is 0 Å². The molecule has 0 radical (unpaired) electrons. The molecule has 2 N–H and O–H groups in total. The molecule has 4 nitrogen and oxygen atoms in total. The molecule has 0 bridgehead atoms. The van der Waals surface area contributed by atoms with Gasteiger partial charge in [0, 0.05) is 22.0 Å². The summed E-state index contributed by atoms with van der Waals surface area (Å²) < 4.78 is 0. The average Bonchev–Trinajstić information content (AvgIpc) is 2.94. The fourth-order valence-electron chi connectivity index (χ4n) is 1.90. The first-order valence-corrected chi connectivity index (χ1v) is 8.17. The van der Waals surface area contributed by atoms with Crippen LogP contribution in [0.2, 0.25) is 5.02 Å². The van der Waals surface area contributed by atoms with E-state index in [0.717, 1.165) is 24.1 Å². The Balaban J connectivity index is 2.00. The number of nitrogens with one attached hydrogen (secondary N) is 2. The second-order valence-electron chi connectivity index (χ2n) is 4.66. The lowest BCUT2D eigenvalue weighted by atomic mass is 10.2. The highest BCUT2D eigenvalue weighted by Crippen LogP contribution is 2.25. The number of amides is 2. The monoisotopic (exact) mass is 323 g/mol. The second-order valence-corrected chi connectivity index (χ2v) is 5.95. The zero-order valence-electron chi connectivity index (χ0n) is 12.0. The van der Waals surface area contributed by atoms with E-state index >= 15 is 0 Å². The van der Waals surface area contributed by atoms with E-state index in [1.165, 1.54) is 11.3 Å².